The molecule has 2 aromatic heterocycles. The first-order valence-electron chi connectivity index (χ1n) is 21.5. The fraction of sp³-hybridized carbons (Fsp3) is 0.179. The van der Waals surface area contributed by atoms with Gasteiger partial charge in [0.05, 0.1) is 23.0 Å². The van der Waals surface area contributed by atoms with E-state index in [2.05, 4.69) is 186 Å². The molecular formula is C56H52Cl2O2SiZr-2. The van der Waals surface area contributed by atoms with Crippen LogP contribution in [0.25, 0.3) is 88.0 Å². The van der Waals surface area contributed by atoms with Gasteiger partial charge in [-0.15, -0.1) is 57.9 Å². The molecule has 0 fully saturated rings. The van der Waals surface area contributed by atoms with Crippen LogP contribution in [-0.4, -0.2) is 5.43 Å². The van der Waals surface area contributed by atoms with Crippen LogP contribution in [0.5, 0.6) is 0 Å². The van der Waals surface area contributed by atoms with Crippen LogP contribution in [0.15, 0.2) is 154 Å². The molecule has 62 heavy (non-hydrogen) atoms. The van der Waals surface area contributed by atoms with Gasteiger partial charge in [-0.05, 0) is 108 Å². The minimum absolute atomic E-state index is 0.224. The average molecular weight is 947 g/mol. The summed E-state index contributed by atoms with van der Waals surface area (Å²) in [7, 11) is 11.2. The van der Waals surface area contributed by atoms with Crippen molar-refractivity contribution < 1.29 is 26.8 Å². The molecule has 0 aliphatic rings. The van der Waals surface area contributed by atoms with Gasteiger partial charge < -0.3 is 8.83 Å². The van der Waals surface area contributed by atoms with Crippen LogP contribution in [0.1, 0.15) is 47.6 Å². The molecule has 0 atom stereocenters. The molecule has 0 spiro atoms. The summed E-state index contributed by atoms with van der Waals surface area (Å²) in [6.07, 6.45) is 2.02. The predicted molar refractivity (Wildman–Crippen MR) is 267 cm³/mol. The normalized spacial score (nSPS) is 11.2. The standard InChI is InChI=1S/2C27H23O.C2H6Si.2ClH.Zr/c2*1-4-19-12-13-21-15-22(26-14-17(2)18(3)28-26)16-25(21)27(19)24-11-7-9-20-8-5-6-10-23(20)24;1-3-2;;;/h2*5-16H,4H2,1-3H3;1-2H3;2*1H;/q2*-1;;;;+2/p-2. The Balaban J connectivity index is 0.000000151. The molecule has 8 aromatic carbocycles. The first-order valence-corrected chi connectivity index (χ1v) is 34.0. The number of halogens is 2. The van der Waals surface area contributed by atoms with Crippen molar-refractivity contribution in [3.63, 3.8) is 0 Å². The Morgan fingerprint density at radius 1 is 0.500 bits per heavy atom. The topological polar surface area (TPSA) is 26.3 Å². The molecule has 0 saturated carbocycles. The third kappa shape index (κ3) is 8.91. The van der Waals surface area contributed by atoms with E-state index in [1.807, 2.05) is 13.8 Å². The molecule has 10 aromatic rings. The summed E-state index contributed by atoms with van der Waals surface area (Å²) < 4.78 is 12.0. The summed E-state index contributed by atoms with van der Waals surface area (Å²) in [5.41, 5.74) is 12.6. The van der Waals surface area contributed by atoms with Crippen molar-refractivity contribution in [2.75, 3.05) is 0 Å². The van der Waals surface area contributed by atoms with E-state index in [1.165, 1.54) is 87.6 Å². The Hall–Kier alpha value is -4.70. The monoisotopic (exact) mass is 944 g/mol. The zero-order valence-corrected chi connectivity index (χ0v) is 41.8. The Kier molecular flexibility index (Phi) is 13.4. The van der Waals surface area contributed by atoms with Crippen LogP contribution in [-0.2, 0) is 30.8 Å². The fourth-order valence-corrected chi connectivity index (χ4v) is 8.48. The summed E-state index contributed by atoms with van der Waals surface area (Å²) in [6, 6.07) is 52.9. The van der Waals surface area contributed by atoms with Gasteiger partial charge >= 0.3 is 53.5 Å². The average Bonchev–Trinajstić information content (AvgIpc) is 4.08. The van der Waals surface area contributed by atoms with E-state index in [1.54, 1.807) is 0 Å². The number of fused-ring (bicyclic) bond motifs is 4. The summed E-state index contributed by atoms with van der Waals surface area (Å²) in [6.45, 7) is 17.1. The van der Waals surface area contributed by atoms with Crippen LogP contribution in [0.2, 0.25) is 13.1 Å². The number of aryl methyl sites for hydroxylation is 6. The van der Waals surface area contributed by atoms with Crippen molar-refractivity contribution in [2.24, 2.45) is 0 Å². The van der Waals surface area contributed by atoms with Crippen LogP contribution < -0.4 is 0 Å². The molecule has 6 heteroatoms. The molecular weight excluding hydrogens is 895 g/mol. The Bertz CT molecular complexity index is 2990. The second kappa shape index (κ2) is 19.0. The van der Waals surface area contributed by atoms with Crippen molar-refractivity contribution in [2.45, 2.75) is 67.5 Å². The number of hydrogen-bond acceptors (Lipinski definition) is 2. The summed E-state index contributed by atoms with van der Waals surface area (Å²) in [5, 5.41) is 10.3. The molecule has 10 rings (SSSR count). The van der Waals surface area contributed by atoms with Crippen LogP contribution in [0, 0.1) is 27.7 Å². The molecule has 0 saturated heterocycles. The van der Waals surface area contributed by atoms with Crippen molar-refractivity contribution >= 4 is 65.5 Å². The molecule has 0 bridgehead atoms. The number of benzene rings is 6. The van der Waals surface area contributed by atoms with Crippen LogP contribution in [0.3, 0.4) is 0 Å². The maximum atomic E-state index is 6.00. The van der Waals surface area contributed by atoms with Crippen molar-refractivity contribution in [3.8, 4) is 44.9 Å². The molecule has 0 radical (unpaired) electrons. The van der Waals surface area contributed by atoms with E-state index in [4.69, 9.17) is 25.9 Å². The Morgan fingerprint density at radius 2 is 0.887 bits per heavy atom. The van der Waals surface area contributed by atoms with Crippen LogP contribution in [0.4, 0.5) is 0 Å². The molecule has 0 N–H and O–H groups in total. The summed E-state index contributed by atoms with van der Waals surface area (Å²) in [5.74, 6) is 3.88. The summed E-state index contributed by atoms with van der Waals surface area (Å²) in [4.78, 5) is 0. The van der Waals surface area contributed by atoms with E-state index in [9.17, 15) is 0 Å². The van der Waals surface area contributed by atoms with E-state index in [0.717, 1.165) is 47.0 Å². The van der Waals surface area contributed by atoms with Gasteiger partial charge in [0, 0.05) is 0 Å². The third-order valence-corrected chi connectivity index (χ3v) is 31.9. The maximum absolute atomic E-state index is 6.00. The van der Waals surface area contributed by atoms with Crippen molar-refractivity contribution in [1.29, 1.82) is 0 Å². The SMILES string of the molecule is CCc1ccc2[cH-]c(-c3cc(C)c(C)o3)cc2c1-c1cccc2ccccc12.CCc1ccc2[cH-]c(-c3cc(C)c(C)o3)cc2c1-c1cccc2ccccc12.C[Si](C)=[Zr]([Cl])[Cl]. The predicted octanol–water partition coefficient (Wildman–Crippen LogP) is 17.8. The molecule has 2 heterocycles. The van der Waals surface area contributed by atoms with Crippen molar-refractivity contribution in [1.82, 2.24) is 0 Å². The van der Waals surface area contributed by atoms with E-state index in [0.29, 0.717) is 0 Å². The van der Waals surface area contributed by atoms with Gasteiger partial charge in [0.2, 0.25) is 0 Å². The first kappa shape index (κ1) is 43.9. The second-order valence-corrected chi connectivity index (χ2v) is 39.4. The summed E-state index contributed by atoms with van der Waals surface area (Å²) >= 11 is -1.65. The molecule has 2 nitrogen and oxygen atoms in total. The van der Waals surface area contributed by atoms with Gasteiger partial charge in [0.25, 0.3) is 0 Å². The molecule has 0 amide bonds. The van der Waals surface area contributed by atoms with Gasteiger partial charge in [-0.1, -0.05) is 133 Å². The van der Waals surface area contributed by atoms with Gasteiger partial charge in [0.1, 0.15) is 0 Å². The van der Waals surface area contributed by atoms with E-state index < -0.39 is 18.0 Å². The van der Waals surface area contributed by atoms with Crippen molar-refractivity contribution in [3.05, 3.63) is 179 Å². The number of furan rings is 2. The molecule has 0 unspecified atom stereocenters. The van der Waals surface area contributed by atoms with Gasteiger partial charge in [-0.2, -0.15) is 0 Å². The molecule has 0 aliphatic heterocycles. The minimum atomic E-state index is -1.65. The second-order valence-electron chi connectivity index (χ2n) is 16.4. The van der Waals surface area contributed by atoms with E-state index in [-0.39, 0.29) is 5.43 Å². The quantitative estimate of drug-likeness (QED) is 0.123. The van der Waals surface area contributed by atoms with Gasteiger partial charge in [-0.25, -0.2) is 0 Å². The van der Waals surface area contributed by atoms with Gasteiger partial charge in [-0.3, -0.25) is 0 Å². The third-order valence-electron chi connectivity index (χ3n) is 12.1. The molecule has 312 valence electrons. The zero-order chi connectivity index (χ0) is 43.7. The van der Waals surface area contributed by atoms with Crippen LogP contribution >= 0.6 is 17.0 Å². The van der Waals surface area contributed by atoms with E-state index >= 15 is 0 Å². The molecule has 0 aliphatic carbocycles. The Morgan fingerprint density at radius 3 is 1.24 bits per heavy atom. The van der Waals surface area contributed by atoms with Gasteiger partial charge in [0.15, 0.2) is 0 Å². The number of hydrogen-bond donors (Lipinski definition) is 0. The number of rotatable bonds is 6. The fourth-order valence-electron chi connectivity index (χ4n) is 8.48. The zero-order valence-electron chi connectivity index (χ0n) is 36.8. The first-order chi connectivity index (χ1) is 29.9. The Labute approximate surface area is 381 Å².